The Morgan fingerprint density at radius 3 is 2.83 bits per heavy atom. The number of hydrogen-bond acceptors (Lipinski definition) is 3. The smallest absolute Gasteiger partial charge is 0.212 e. The third kappa shape index (κ3) is 2.30. The van der Waals surface area contributed by atoms with Gasteiger partial charge in [0.1, 0.15) is 0 Å². The van der Waals surface area contributed by atoms with Gasteiger partial charge in [-0.2, -0.15) is 0 Å². The zero-order chi connectivity index (χ0) is 15.8. The quantitative estimate of drug-likeness (QED) is 0.512. The summed E-state index contributed by atoms with van der Waals surface area (Å²) in [7, 11) is 0. The van der Waals surface area contributed by atoms with E-state index in [1.807, 2.05) is 35.7 Å². The summed E-state index contributed by atoms with van der Waals surface area (Å²) in [5.74, 6) is 0.651. The summed E-state index contributed by atoms with van der Waals surface area (Å²) >= 11 is 1.58. The first-order valence-electron chi connectivity index (χ1n) is 7.88. The van der Waals surface area contributed by atoms with Crippen LogP contribution in [0.2, 0.25) is 0 Å². The standard InChI is InChI=1S/C19H17NO2S/c1-2-3-10-20-14-8-5-4-7-13(14)18-15(21)12-16(22-19(18)20)17-9-6-11-23-17/h4-9,11-12H,2-3,10H2,1H3. The van der Waals surface area contributed by atoms with Crippen molar-refractivity contribution in [1.29, 1.82) is 0 Å². The number of aromatic nitrogens is 1. The van der Waals surface area contributed by atoms with Gasteiger partial charge in [0.2, 0.25) is 5.71 Å². The van der Waals surface area contributed by atoms with Crippen molar-refractivity contribution < 1.29 is 4.42 Å². The van der Waals surface area contributed by atoms with Gasteiger partial charge in [0.05, 0.1) is 15.8 Å². The van der Waals surface area contributed by atoms with Gasteiger partial charge in [-0.1, -0.05) is 37.6 Å². The van der Waals surface area contributed by atoms with E-state index < -0.39 is 0 Å². The Kier molecular flexibility index (Phi) is 3.54. The fraction of sp³-hybridized carbons (Fsp3) is 0.211. The number of fused-ring (bicyclic) bond motifs is 3. The predicted octanol–water partition coefficient (Wildman–Crippen LogP) is 5.28. The monoisotopic (exact) mass is 323 g/mol. The van der Waals surface area contributed by atoms with Crippen molar-refractivity contribution >= 4 is 33.3 Å². The van der Waals surface area contributed by atoms with E-state index in [4.69, 9.17) is 4.42 Å². The zero-order valence-corrected chi connectivity index (χ0v) is 13.7. The molecule has 4 heteroatoms. The van der Waals surface area contributed by atoms with Gasteiger partial charge in [0, 0.05) is 18.0 Å². The van der Waals surface area contributed by atoms with Crippen LogP contribution in [0.1, 0.15) is 19.8 Å². The second kappa shape index (κ2) is 5.70. The molecule has 3 aromatic heterocycles. The highest BCUT2D eigenvalue weighted by Crippen LogP contribution is 2.31. The number of hydrogen-bond donors (Lipinski definition) is 0. The van der Waals surface area contributed by atoms with E-state index in [-0.39, 0.29) is 5.43 Å². The molecule has 0 aliphatic heterocycles. The molecule has 3 heterocycles. The normalized spacial score (nSPS) is 11.5. The summed E-state index contributed by atoms with van der Waals surface area (Å²) in [6.07, 6.45) is 2.16. The van der Waals surface area contributed by atoms with Gasteiger partial charge in [-0.3, -0.25) is 4.79 Å². The number of nitrogens with zero attached hydrogens (tertiary/aromatic N) is 1. The summed E-state index contributed by atoms with van der Waals surface area (Å²) < 4.78 is 8.32. The summed E-state index contributed by atoms with van der Waals surface area (Å²) in [6, 6.07) is 13.6. The topological polar surface area (TPSA) is 35.1 Å². The minimum absolute atomic E-state index is 0.0288. The molecule has 23 heavy (non-hydrogen) atoms. The number of rotatable bonds is 4. The van der Waals surface area contributed by atoms with E-state index in [1.165, 1.54) is 0 Å². The van der Waals surface area contributed by atoms with Gasteiger partial charge in [-0.25, -0.2) is 0 Å². The first-order valence-corrected chi connectivity index (χ1v) is 8.76. The van der Waals surface area contributed by atoms with Crippen LogP contribution in [0.25, 0.3) is 32.6 Å². The Hall–Kier alpha value is -2.33. The lowest BCUT2D eigenvalue weighted by Gasteiger charge is -2.06. The highest BCUT2D eigenvalue weighted by atomic mass is 32.1. The lowest BCUT2D eigenvalue weighted by molar-refractivity contribution is 0.558. The fourth-order valence-corrected chi connectivity index (χ4v) is 3.71. The summed E-state index contributed by atoms with van der Waals surface area (Å²) in [4.78, 5) is 13.7. The Labute approximate surface area is 137 Å². The molecule has 0 atom stereocenters. The highest BCUT2D eigenvalue weighted by molar-refractivity contribution is 7.13. The van der Waals surface area contributed by atoms with E-state index in [1.54, 1.807) is 17.4 Å². The molecule has 0 saturated carbocycles. The summed E-state index contributed by atoms with van der Waals surface area (Å²) in [5.41, 5.74) is 1.79. The Morgan fingerprint density at radius 1 is 1.17 bits per heavy atom. The molecule has 0 amide bonds. The number of benzene rings is 1. The summed E-state index contributed by atoms with van der Waals surface area (Å²) in [5, 5.41) is 3.66. The van der Waals surface area contributed by atoms with Crippen LogP contribution in [0, 0.1) is 0 Å². The molecular weight excluding hydrogens is 306 g/mol. The van der Waals surface area contributed by atoms with E-state index in [9.17, 15) is 4.79 Å². The molecule has 0 radical (unpaired) electrons. The summed E-state index contributed by atoms with van der Waals surface area (Å²) in [6.45, 7) is 3.03. The van der Waals surface area contributed by atoms with Gasteiger partial charge in [0.25, 0.3) is 0 Å². The highest BCUT2D eigenvalue weighted by Gasteiger charge is 2.17. The predicted molar refractivity (Wildman–Crippen MR) is 96.2 cm³/mol. The molecule has 0 unspecified atom stereocenters. The van der Waals surface area contributed by atoms with E-state index in [2.05, 4.69) is 17.6 Å². The molecule has 4 aromatic rings. The van der Waals surface area contributed by atoms with Gasteiger partial charge >= 0.3 is 0 Å². The van der Waals surface area contributed by atoms with Crippen LogP contribution in [0.15, 0.2) is 57.1 Å². The van der Waals surface area contributed by atoms with Crippen molar-refractivity contribution in [1.82, 2.24) is 4.57 Å². The molecule has 116 valence electrons. The van der Waals surface area contributed by atoms with Gasteiger partial charge in [0.15, 0.2) is 11.2 Å². The molecule has 0 fully saturated rings. The van der Waals surface area contributed by atoms with E-state index in [0.717, 1.165) is 35.2 Å². The number of thiophene rings is 1. The molecule has 0 aliphatic rings. The average molecular weight is 323 g/mol. The van der Waals surface area contributed by atoms with Crippen LogP contribution >= 0.6 is 11.3 Å². The van der Waals surface area contributed by atoms with Gasteiger partial charge in [-0.05, 0) is 23.9 Å². The van der Waals surface area contributed by atoms with Crippen LogP contribution in [0.5, 0.6) is 0 Å². The van der Waals surface area contributed by atoms with Gasteiger partial charge in [-0.15, -0.1) is 11.3 Å². The molecule has 0 spiro atoms. The lowest BCUT2D eigenvalue weighted by Crippen LogP contribution is -2.02. The molecular formula is C19H17NO2S. The van der Waals surface area contributed by atoms with Gasteiger partial charge < -0.3 is 8.98 Å². The fourth-order valence-electron chi connectivity index (χ4n) is 3.03. The van der Waals surface area contributed by atoms with Crippen molar-refractivity contribution in [2.24, 2.45) is 0 Å². The third-order valence-electron chi connectivity index (χ3n) is 4.14. The third-order valence-corrected chi connectivity index (χ3v) is 5.02. The van der Waals surface area contributed by atoms with E-state index in [0.29, 0.717) is 16.9 Å². The SMILES string of the molecule is CCCCn1c2ccccc2c2c(=O)cc(-c3cccs3)oc21. The Bertz CT molecular complexity index is 1020. The lowest BCUT2D eigenvalue weighted by atomic mass is 10.2. The van der Waals surface area contributed by atoms with Crippen molar-refractivity contribution in [3.05, 3.63) is 58.1 Å². The first kappa shape index (κ1) is 14.3. The first-order chi connectivity index (χ1) is 11.3. The maximum atomic E-state index is 12.7. The number of para-hydroxylation sites is 1. The minimum Gasteiger partial charge on any atom is -0.438 e. The second-order valence-corrected chi connectivity index (χ2v) is 6.60. The van der Waals surface area contributed by atoms with Crippen molar-refractivity contribution in [3.8, 4) is 10.6 Å². The molecule has 0 aliphatic carbocycles. The Morgan fingerprint density at radius 2 is 2.04 bits per heavy atom. The van der Waals surface area contributed by atoms with Crippen LogP contribution in [0.4, 0.5) is 0 Å². The molecule has 0 N–H and O–H groups in total. The molecule has 0 saturated heterocycles. The Balaban J connectivity index is 2.07. The average Bonchev–Trinajstić information content (AvgIpc) is 3.19. The second-order valence-electron chi connectivity index (χ2n) is 5.65. The molecule has 1 aromatic carbocycles. The van der Waals surface area contributed by atoms with Crippen molar-refractivity contribution in [2.45, 2.75) is 26.3 Å². The number of unbranched alkanes of at least 4 members (excludes halogenated alkanes) is 1. The van der Waals surface area contributed by atoms with Crippen LogP contribution in [-0.4, -0.2) is 4.57 Å². The zero-order valence-electron chi connectivity index (χ0n) is 12.9. The van der Waals surface area contributed by atoms with Crippen LogP contribution in [-0.2, 0) is 6.54 Å². The van der Waals surface area contributed by atoms with E-state index >= 15 is 0 Å². The molecule has 0 bridgehead atoms. The maximum absolute atomic E-state index is 12.7. The van der Waals surface area contributed by atoms with Crippen molar-refractivity contribution in [3.63, 3.8) is 0 Å². The largest absolute Gasteiger partial charge is 0.438 e. The number of aryl methyl sites for hydroxylation is 1. The molecule has 3 nitrogen and oxygen atoms in total. The van der Waals surface area contributed by atoms with Crippen molar-refractivity contribution in [2.75, 3.05) is 0 Å². The minimum atomic E-state index is 0.0288. The maximum Gasteiger partial charge on any atom is 0.212 e. The molecule has 4 rings (SSSR count). The van der Waals surface area contributed by atoms with Crippen LogP contribution < -0.4 is 5.43 Å². The van der Waals surface area contributed by atoms with Crippen LogP contribution in [0.3, 0.4) is 0 Å².